The minimum Gasteiger partial charge on any atom is -0.323 e. The van der Waals surface area contributed by atoms with Crippen molar-refractivity contribution in [2.24, 2.45) is 11.7 Å². The largest absolute Gasteiger partial charge is 0.323 e. The zero-order chi connectivity index (χ0) is 14.9. The monoisotopic (exact) mass is 279 g/mol. The normalized spacial score (nSPS) is 17.7. The van der Waals surface area contributed by atoms with Gasteiger partial charge in [-0.05, 0) is 41.9 Å². The third-order valence-electron chi connectivity index (χ3n) is 4.69. The summed E-state index contributed by atoms with van der Waals surface area (Å²) in [7, 11) is 0. The van der Waals surface area contributed by atoms with E-state index >= 15 is 0 Å². The molecule has 0 spiro atoms. The molecule has 0 aliphatic heterocycles. The Hall–Kier alpha value is -1.60. The highest BCUT2D eigenvalue weighted by molar-refractivity contribution is 5.39. The summed E-state index contributed by atoms with van der Waals surface area (Å²) in [5.41, 5.74) is 10.9. The van der Waals surface area contributed by atoms with Gasteiger partial charge in [0.2, 0.25) is 0 Å². The molecule has 1 aliphatic carbocycles. The standard InChI is InChI=1S/C20H25N/c1-15(2)13-16-7-6-8-17(14-16)19(21)20(11-12-20)18-9-4-3-5-10-18/h3-10,14-15,19H,11-13,21H2,1-2H3. The van der Waals surface area contributed by atoms with Crippen LogP contribution in [0, 0.1) is 5.92 Å². The molecule has 2 aromatic carbocycles. The summed E-state index contributed by atoms with van der Waals surface area (Å²) < 4.78 is 0. The van der Waals surface area contributed by atoms with E-state index in [1.165, 1.54) is 29.5 Å². The number of rotatable bonds is 5. The average molecular weight is 279 g/mol. The lowest BCUT2D eigenvalue weighted by atomic mass is 9.84. The van der Waals surface area contributed by atoms with Gasteiger partial charge in [-0.1, -0.05) is 68.4 Å². The van der Waals surface area contributed by atoms with Gasteiger partial charge in [-0.25, -0.2) is 0 Å². The molecule has 0 saturated heterocycles. The minimum absolute atomic E-state index is 0.104. The van der Waals surface area contributed by atoms with Crippen molar-refractivity contribution in [3.8, 4) is 0 Å². The summed E-state index contributed by atoms with van der Waals surface area (Å²) in [6.45, 7) is 4.53. The highest BCUT2D eigenvalue weighted by atomic mass is 14.7. The van der Waals surface area contributed by atoms with Gasteiger partial charge in [0.15, 0.2) is 0 Å². The summed E-state index contributed by atoms with van der Waals surface area (Å²) in [4.78, 5) is 0. The molecule has 1 nitrogen and oxygen atoms in total. The van der Waals surface area contributed by atoms with Crippen molar-refractivity contribution in [2.75, 3.05) is 0 Å². The molecule has 1 saturated carbocycles. The molecule has 0 bridgehead atoms. The second-order valence-corrected chi connectivity index (χ2v) is 6.84. The first-order valence-corrected chi connectivity index (χ1v) is 8.02. The van der Waals surface area contributed by atoms with E-state index in [1.807, 2.05) is 0 Å². The Morgan fingerprint density at radius 2 is 1.71 bits per heavy atom. The fraction of sp³-hybridized carbons (Fsp3) is 0.400. The van der Waals surface area contributed by atoms with Gasteiger partial charge in [0.1, 0.15) is 0 Å². The molecule has 1 heteroatoms. The van der Waals surface area contributed by atoms with Gasteiger partial charge in [-0.2, -0.15) is 0 Å². The predicted molar refractivity (Wildman–Crippen MR) is 89.3 cm³/mol. The molecule has 1 unspecified atom stereocenters. The SMILES string of the molecule is CC(C)Cc1cccc(C(N)C2(c3ccccc3)CC2)c1. The molecule has 21 heavy (non-hydrogen) atoms. The highest BCUT2D eigenvalue weighted by Gasteiger charge is 2.49. The maximum atomic E-state index is 6.67. The molecule has 3 rings (SSSR count). The van der Waals surface area contributed by atoms with Gasteiger partial charge in [0.05, 0.1) is 0 Å². The zero-order valence-electron chi connectivity index (χ0n) is 13.0. The molecule has 0 radical (unpaired) electrons. The van der Waals surface area contributed by atoms with E-state index in [0.717, 1.165) is 6.42 Å². The van der Waals surface area contributed by atoms with E-state index in [0.29, 0.717) is 5.92 Å². The van der Waals surface area contributed by atoms with Crippen LogP contribution in [-0.2, 0) is 11.8 Å². The second kappa shape index (κ2) is 5.65. The van der Waals surface area contributed by atoms with Crippen LogP contribution in [-0.4, -0.2) is 0 Å². The second-order valence-electron chi connectivity index (χ2n) is 6.84. The smallest absolute Gasteiger partial charge is 0.0393 e. The number of hydrogen-bond donors (Lipinski definition) is 1. The molecular weight excluding hydrogens is 254 g/mol. The maximum absolute atomic E-state index is 6.67. The van der Waals surface area contributed by atoms with Gasteiger partial charge < -0.3 is 5.73 Å². The van der Waals surface area contributed by atoms with E-state index in [-0.39, 0.29) is 11.5 Å². The van der Waals surface area contributed by atoms with Crippen molar-refractivity contribution in [3.05, 3.63) is 71.3 Å². The van der Waals surface area contributed by atoms with E-state index in [2.05, 4.69) is 68.4 Å². The van der Waals surface area contributed by atoms with Crippen molar-refractivity contribution in [1.29, 1.82) is 0 Å². The van der Waals surface area contributed by atoms with Gasteiger partial charge in [-0.15, -0.1) is 0 Å². The Kier molecular flexibility index (Phi) is 3.86. The third kappa shape index (κ3) is 2.89. The Morgan fingerprint density at radius 3 is 2.33 bits per heavy atom. The van der Waals surface area contributed by atoms with Crippen LogP contribution in [0.5, 0.6) is 0 Å². The van der Waals surface area contributed by atoms with Crippen molar-refractivity contribution in [1.82, 2.24) is 0 Å². The fourth-order valence-corrected chi connectivity index (χ4v) is 3.39. The van der Waals surface area contributed by atoms with E-state index in [9.17, 15) is 0 Å². The fourth-order valence-electron chi connectivity index (χ4n) is 3.39. The van der Waals surface area contributed by atoms with E-state index in [4.69, 9.17) is 5.73 Å². The Balaban J connectivity index is 1.87. The van der Waals surface area contributed by atoms with Crippen LogP contribution in [0.1, 0.15) is 49.4 Å². The number of nitrogens with two attached hydrogens (primary N) is 1. The number of benzene rings is 2. The van der Waals surface area contributed by atoms with Gasteiger partial charge in [-0.3, -0.25) is 0 Å². The van der Waals surface area contributed by atoms with Crippen molar-refractivity contribution in [2.45, 2.75) is 44.6 Å². The van der Waals surface area contributed by atoms with Gasteiger partial charge in [0, 0.05) is 11.5 Å². The topological polar surface area (TPSA) is 26.0 Å². The average Bonchev–Trinajstić information content (AvgIpc) is 3.29. The summed E-state index contributed by atoms with van der Waals surface area (Å²) in [5.74, 6) is 0.681. The molecule has 1 fully saturated rings. The summed E-state index contributed by atoms with van der Waals surface area (Å²) >= 11 is 0. The first-order valence-electron chi connectivity index (χ1n) is 8.02. The van der Waals surface area contributed by atoms with Crippen molar-refractivity contribution in [3.63, 3.8) is 0 Å². The van der Waals surface area contributed by atoms with Crippen LogP contribution in [0.15, 0.2) is 54.6 Å². The molecule has 1 aliphatic rings. The van der Waals surface area contributed by atoms with Gasteiger partial charge >= 0.3 is 0 Å². The summed E-state index contributed by atoms with van der Waals surface area (Å²) in [6, 6.07) is 19.8. The molecule has 1 atom stereocenters. The zero-order valence-corrected chi connectivity index (χ0v) is 13.0. The highest BCUT2D eigenvalue weighted by Crippen LogP contribution is 2.55. The predicted octanol–water partition coefficient (Wildman–Crippen LogP) is 4.62. The number of hydrogen-bond acceptors (Lipinski definition) is 1. The van der Waals surface area contributed by atoms with Crippen LogP contribution in [0.25, 0.3) is 0 Å². The van der Waals surface area contributed by atoms with E-state index in [1.54, 1.807) is 0 Å². The Labute approximate surface area is 128 Å². The van der Waals surface area contributed by atoms with Crippen LogP contribution in [0.2, 0.25) is 0 Å². The maximum Gasteiger partial charge on any atom is 0.0393 e. The Morgan fingerprint density at radius 1 is 1.00 bits per heavy atom. The molecule has 0 heterocycles. The van der Waals surface area contributed by atoms with Crippen molar-refractivity contribution < 1.29 is 0 Å². The van der Waals surface area contributed by atoms with Crippen LogP contribution >= 0.6 is 0 Å². The Bertz CT molecular complexity index is 596. The van der Waals surface area contributed by atoms with Crippen LogP contribution in [0.3, 0.4) is 0 Å². The molecule has 2 N–H and O–H groups in total. The lowest BCUT2D eigenvalue weighted by molar-refractivity contribution is 0.540. The van der Waals surface area contributed by atoms with Crippen LogP contribution < -0.4 is 5.73 Å². The molecular formula is C20H25N. The van der Waals surface area contributed by atoms with Crippen molar-refractivity contribution >= 4 is 0 Å². The first-order chi connectivity index (χ1) is 10.1. The van der Waals surface area contributed by atoms with Crippen LogP contribution in [0.4, 0.5) is 0 Å². The molecule has 2 aromatic rings. The third-order valence-corrected chi connectivity index (χ3v) is 4.69. The molecule has 0 amide bonds. The van der Waals surface area contributed by atoms with E-state index < -0.39 is 0 Å². The molecule has 110 valence electrons. The lowest BCUT2D eigenvalue weighted by Gasteiger charge is -2.25. The minimum atomic E-state index is 0.104. The lowest BCUT2D eigenvalue weighted by Crippen LogP contribution is -2.26. The summed E-state index contributed by atoms with van der Waals surface area (Å²) in [5, 5.41) is 0. The quantitative estimate of drug-likeness (QED) is 0.849. The first kappa shape index (κ1) is 14.3. The summed E-state index contributed by atoms with van der Waals surface area (Å²) in [6.07, 6.45) is 3.53. The van der Waals surface area contributed by atoms with Gasteiger partial charge in [0.25, 0.3) is 0 Å². The molecule has 0 aromatic heterocycles.